The van der Waals surface area contributed by atoms with Crippen molar-refractivity contribution >= 4 is 5.97 Å². The third kappa shape index (κ3) is 2.88. The molecule has 0 saturated heterocycles. The quantitative estimate of drug-likeness (QED) is 0.776. The Balaban J connectivity index is 1.87. The van der Waals surface area contributed by atoms with Gasteiger partial charge in [-0.15, -0.1) is 0 Å². The van der Waals surface area contributed by atoms with Gasteiger partial charge in [0.2, 0.25) is 6.79 Å². The largest absolute Gasteiger partial charge is 0.465 e. The molecule has 1 aromatic carbocycles. The molecule has 5 heteroatoms. The molecule has 1 aliphatic heterocycles. The summed E-state index contributed by atoms with van der Waals surface area (Å²) >= 11 is 0. The van der Waals surface area contributed by atoms with Crippen molar-refractivity contribution in [2.24, 2.45) is 0 Å². The van der Waals surface area contributed by atoms with E-state index in [1.54, 1.807) is 6.92 Å². The number of carbonyl (C=O) groups excluding carboxylic acids is 1. The van der Waals surface area contributed by atoms with E-state index in [2.05, 4.69) is 5.32 Å². The molecule has 1 aromatic rings. The second-order valence-electron chi connectivity index (χ2n) is 3.56. The lowest BCUT2D eigenvalue weighted by Gasteiger charge is -2.07. The topological polar surface area (TPSA) is 56.8 Å². The number of esters is 1. The van der Waals surface area contributed by atoms with Crippen molar-refractivity contribution in [2.75, 3.05) is 19.9 Å². The zero-order valence-corrected chi connectivity index (χ0v) is 9.69. The molecule has 92 valence electrons. The number of rotatable bonds is 5. The number of ether oxygens (including phenoxy) is 3. The Morgan fingerprint density at radius 2 is 2.35 bits per heavy atom. The van der Waals surface area contributed by atoms with Crippen LogP contribution in [0.2, 0.25) is 0 Å². The summed E-state index contributed by atoms with van der Waals surface area (Å²) in [7, 11) is 0. The zero-order valence-electron chi connectivity index (χ0n) is 9.69. The molecule has 17 heavy (non-hydrogen) atoms. The van der Waals surface area contributed by atoms with E-state index in [9.17, 15) is 4.79 Å². The minimum absolute atomic E-state index is 0.193. The molecule has 1 heterocycles. The highest BCUT2D eigenvalue weighted by Crippen LogP contribution is 2.35. The van der Waals surface area contributed by atoms with Crippen molar-refractivity contribution in [3.8, 4) is 11.5 Å². The van der Waals surface area contributed by atoms with Crippen LogP contribution in [0.5, 0.6) is 11.5 Å². The Bertz CT molecular complexity index is 405. The summed E-state index contributed by atoms with van der Waals surface area (Å²) in [5.41, 5.74) is 0.976. The molecular weight excluding hydrogens is 222 g/mol. The average Bonchev–Trinajstić information content (AvgIpc) is 2.78. The van der Waals surface area contributed by atoms with E-state index >= 15 is 0 Å². The number of carbonyl (C=O) groups is 1. The molecule has 0 radical (unpaired) electrons. The van der Waals surface area contributed by atoms with Crippen LogP contribution in [-0.4, -0.2) is 25.9 Å². The highest BCUT2D eigenvalue weighted by Gasteiger charge is 2.16. The van der Waals surface area contributed by atoms with Crippen LogP contribution in [0.4, 0.5) is 0 Å². The number of para-hydroxylation sites is 1. The lowest BCUT2D eigenvalue weighted by molar-refractivity contribution is -0.142. The Morgan fingerprint density at radius 3 is 3.18 bits per heavy atom. The second-order valence-corrected chi connectivity index (χ2v) is 3.56. The van der Waals surface area contributed by atoms with Gasteiger partial charge in [-0.25, -0.2) is 0 Å². The standard InChI is InChI=1S/C12H15NO4/c1-2-15-11(14)7-13-6-9-4-3-5-10-12(9)17-8-16-10/h3-5,13H,2,6-8H2,1H3. The first kappa shape index (κ1) is 11.7. The van der Waals surface area contributed by atoms with Crippen molar-refractivity contribution in [3.05, 3.63) is 23.8 Å². The van der Waals surface area contributed by atoms with E-state index in [1.807, 2.05) is 18.2 Å². The molecule has 0 aliphatic carbocycles. The van der Waals surface area contributed by atoms with Crippen LogP contribution in [0.25, 0.3) is 0 Å². The molecule has 0 bridgehead atoms. The van der Waals surface area contributed by atoms with Crippen LogP contribution >= 0.6 is 0 Å². The van der Waals surface area contributed by atoms with Gasteiger partial charge in [0.05, 0.1) is 13.2 Å². The van der Waals surface area contributed by atoms with Crippen molar-refractivity contribution in [1.29, 1.82) is 0 Å². The predicted molar refractivity (Wildman–Crippen MR) is 60.9 cm³/mol. The Kier molecular flexibility index (Phi) is 3.82. The first-order valence-corrected chi connectivity index (χ1v) is 5.55. The molecule has 2 rings (SSSR count). The van der Waals surface area contributed by atoms with E-state index in [4.69, 9.17) is 14.2 Å². The van der Waals surface area contributed by atoms with Gasteiger partial charge in [-0.05, 0) is 13.0 Å². The van der Waals surface area contributed by atoms with Gasteiger partial charge in [-0.1, -0.05) is 12.1 Å². The van der Waals surface area contributed by atoms with E-state index in [0.29, 0.717) is 13.2 Å². The van der Waals surface area contributed by atoms with Gasteiger partial charge in [-0.2, -0.15) is 0 Å². The van der Waals surface area contributed by atoms with Gasteiger partial charge < -0.3 is 19.5 Å². The summed E-state index contributed by atoms with van der Waals surface area (Å²) in [6.07, 6.45) is 0. The summed E-state index contributed by atoms with van der Waals surface area (Å²) in [5.74, 6) is 1.25. The molecule has 1 N–H and O–H groups in total. The van der Waals surface area contributed by atoms with Gasteiger partial charge in [0.25, 0.3) is 0 Å². The highest BCUT2D eigenvalue weighted by atomic mass is 16.7. The van der Waals surface area contributed by atoms with E-state index in [1.165, 1.54) is 0 Å². The van der Waals surface area contributed by atoms with E-state index < -0.39 is 0 Å². The van der Waals surface area contributed by atoms with Crippen LogP contribution in [-0.2, 0) is 16.1 Å². The zero-order chi connectivity index (χ0) is 12.1. The van der Waals surface area contributed by atoms with Crippen LogP contribution in [0.1, 0.15) is 12.5 Å². The molecule has 0 unspecified atom stereocenters. The van der Waals surface area contributed by atoms with Gasteiger partial charge in [-0.3, -0.25) is 4.79 Å². The Morgan fingerprint density at radius 1 is 1.47 bits per heavy atom. The molecule has 0 aromatic heterocycles. The fraction of sp³-hybridized carbons (Fsp3) is 0.417. The summed E-state index contributed by atoms with van der Waals surface area (Å²) in [4.78, 5) is 11.1. The molecule has 0 fully saturated rings. The summed E-state index contributed by atoms with van der Waals surface area (Å²) in [6.45, 7) is 3.18. The fourth-order valence-corrected chi connectivity index (χ4v) is 1.64. The second kappa shape index (κ2) is 5.54. The number of hydrogen-bond acceptors (Lipinski definition) is 5. The highest BCUT2D eigenvalue weighted by molar-refractivity contribution is 5.71. The Labute approximate surface area is 99.7 Å². The monoisotopic (exact) mass is 237 g/mol. The maximum Gasteiger partial charge on any atom is 0.319 e. The number of hydrogen-bond donors (Lipinski definition) is 1. The lowest BCUT2D eigenvalue weighted by Crippen LogP contribution is -2.24. The van der Waals surface area contributed by atoms with Crippen LogP contribution < -0.4 is 14.8 Å². The van der Waals surface area contributed by atoms with Crippen molar-refractivity contribution in [2.45, 2.75) is 13.5 Å². The molecule has 5 nitrogen and oxygen atoms in total. The van der Waals surface area contributed by atoms with Crippen molar-refractivity contribution in [3.63, 3.8) is 0 Å². The lowest BCUT2D eigenvalue weighted by atomic mass is 10.2. The summed E-state index contributed by atoms with van der Waals surface area (Å²) in [5, 5.41) is 3.01. The van der Waals surface area contributed by atoms with Crippen LogP contribution in [0.3, 0.4) is 0 Å². The van der Waals surface area contributed by atoms with Gasteiger partial charge >= 0.3 is 5.97 Å². The van der Waals surface area contributed by atoms with E-state index in [-0.39, 0.29) is 19.3 Å². The van der Waals surface area contributed by atoms with Crippen LogP contribution in [0, 0.1) is 0 Å². The van der Waals surface area contributed by atoms with Crippen LogP contribution in [0.15, 0.2) is 18.2 Å². The summed E-state index contributed by atoms with van der Waals surface area (Å²) in [6, 6.07) is 5.69. The maximum absolute atomic E-state index is 11.1. The Hall–Kier alpha value is -1.75. The van der Waals surface area contributed by atoms with Crippen molar-refractivity contribution < 1.29 is 19.0 Å². The van der Waals surface area contributed by atoms with Crippen molar-refractivity contribution in [1.82, 2.24) is 5.32 Å². The van der Waals surface area contributed by atoms with Gasteiger partial charge in [0, 0.05) is 12.1 Å². The molecular formula is C12H15NO4. The normalized spacial score (nSPS) is 12.5. The maximum atomic E-state index is 11.1. The molecule has 0 atom stereocenters. The van der Waals surface area contributed by atoms with E-state index in [0.717, 1.165) is 17.1 Å². The minimum Gasteiger partial charge on any atom is -0.465 e. The third-order valence-corrected chi connectivity index (χ3v) is 2.37. The first-order chi connectivity index (χ1) is 8.31. The third-order valence-electron chi connectivity index (χ3n) is 2.37. The minimum atomic E-state index is -0.253. The first-order valence-electron chi connectivity index (χ1n) is 5.55. The smallest absolute Gasteiger partial charge is 0.319 e. The fourth-order valence-electron chi connectivity index (χ4n) is 1.64. The number of fused-ring (bicyclic) bond motifs is 1. The van der Waals surface area contributed by atoms with Gasteiger partial charge in [0.1, 0.15) is 0 Å². The average molecular weight is 237 g/mol. The number of nitrogens with one attached hydrogen (secondary N) is 1. The predicted octanol–water partition coefficient (Wildman–Crippen LogP) is 1.07. The molecule has 1 aliphatic rings. The number of benzene rings is 1. The summed E-state index contributed by atoms with van der Waals surface area (Å²) < 4.78 is 15.4. The van der Waals surface area contributed by atoms with Gasteiger partial charge in [0.15, 0.2) is 11.5 Å². The SMILES string of the molecule is CCOC(=O)CNCc1cccc2c1OCO2. The molecule has 0 amide bonds. The molecule has 0 spiro atoms. The molecule has 0 saturated carbocycles.